The van der Waals surface area contributed by atoms with Gasteiger partial charge in [-0.05, 0) is 24.1 Å². The van der Waals surface area contributed by atoms with Gasteiger partial charge in [0.25, 0.3) is 5.91 Å². The van der Waals surface area contributed by atoms with Gasteiger partial charge in [-0.15, -0.1) is 0 Å². The van der Waals surface area contributed by atoms with E-state index in [9.17, 15) is 19.2 Å². The van der Waals surface area contributed by atoms with Crippen molar-refractivity contribution in [3.63, 3.8) is 0 Å². The number of amides is 4. The number of ether oxygens (including phenoxy) is 1. The second-order valence-electron chi connectivity index (χ2n) is 7.27. The summed E-state index contributed by atoms with van der Waals surface area (Å²) in [5, 5.41) is 8.10. The van der Waals surface area contributed by atoms with Gasteiger partial charge in [0.15, 0.2) is 0 Å². The van der Waals surface area contributed by atoms with Gasteiger partial charge in [0.05, 0.1) is 23.0 Å². The molecule has 0 saturated carbocycles. The van der Waals surface area contributed by atoms with Crippen molar-refractivity contribution in [3.8, 4) is 0 Å². The summed E-state index contributed by atoms with van der Waals surface area (Å²) < 4.78 is 5.20. The Balaban J connectivity index is 1.44. The smallest absolute Gasteiger partial charge is 0.412 e. The van der Waals surface area contributed by atoms with E-state index < -0.39 is 23.9 Å². The molecule has 0 radical (unpaired) electrons. The second kappa shape index (κ2) is 9.25. The quantitative estimate of drug-likeness (QED) is 0.532. The lowest BCUT2D eigenvalue weighted by Crippen LogP contribution is -2.52. The Labute approximate surface area is 183 Å². The van der Waals surface area contributed by atoms with Crippen LogP contribution in [0.5, 0.6) is 0 Å². The molecule has 4 amide bonds. The fraction of sp³-hybridized carbons (Fsp3) is 0.174. The number of carbonyl (C=O) groups excluding carboxylic acids is 4. The molecular formula is C23H20N4O5. The molecule has 4 rings (SSSR count). The topological polar surface area (TPSA) is 126 Å². The Morgan fingerprint density at radius 1 is 1.09 bits per heavy atom. The van der Waals surface area contributed by atoms with Crippen molar-refractivity contribution in [3.05, 3.63) is 71.9 Å². The average molecular weight is 432 g/mol. The maximum absolute atomic E-state index is 12.7. The molecule has 162 valence electrons. The fourth-order valence-electron chi connectivity index (χ4n) is 3.36. The first-order chi connectivity index (χ1) is 15.5. The number of imide groups is 1. The van der Waals surface area contributed by atoms with Crippen LogP contribution in [0.25, 0.3) is 10.9 Å². The Morgan fingerprint density at radius 2 is 1.91 bits per heavy atom. The number of hydrogen-bond donors (Lipinski definition) is 3. The minimum atomic E-state index is -0.782. The normalized spacial score (nSPS) is 15.7. The molecule has 0 bridgehead atoms. The van der Waals surface area contributed by atoms with Crippen LogP contribution in [0.4, 0.5) is 10.5 Å². The molecule has 3 aromatic rings. The largest absolute Gasteiger partial charge is 0.444 e. The molecule has 1 aromatic heterocycles. The van der Waals surface area contributed by atoms with E-state index in [1.807, 2.05) is 30.3 Å². The van der Waals surface area contributed by atoms with E-state index in [4.69, 9.17) is 4.74 Å². The second-order valence-corrected chi connectivity index (χ2v) is 7.27. The SMILES string of the molecule is O=C1CCC(NC(=O)c2cccc3cc(NC(=O)OCc4ccccc4)cnc23)C(=O)N1. The van der Waals surface area contributed by atoms with Gasteiger partial charge >= 0.3 is 6.09 Å². The number of nitrogens with zero attached hydrogens (tertiary/aromatic N) is 1. The summed E-state index contributed by atoms with van der Waals surface area (Å²) in [6.07, 6.45) is 1.21. The van der Waals surface area contributed by atoms with E-state index in [0.29, 0.717) is 16.6 Å². The van der Waals surface area contributed by atoms with Crippen molar-refractivity contribution < 1.29 is 23.9 Å². The fourth-order valence-corrected chi connectivity index (χ4v) is 3.36. The maximum Gasteiger partial charge on any atom is 0.412 e. The summed E-state index contributed by atoms with van der Waals surface area (Å²) in [5.74, 6) is -1.35. The molecule has 1 aliphatic rings. The third-order valence-corrected chi connectivity index (χ3v) is 4.96. The monoisotopic (exact) mass is 432 g/mol. The predicted molar refractivity (Wildman–Crippen MR) is 116 cm³/mol. The number of carbonyl (C=O) groups is 4. The van der Waals surface area contributed by atoms with E-state index in [1.165, 1.54) is 6.20 Å². The number of anilines is 1. The molecule has 1 fully saturated rings. The molecule has 0 spiro atoms. The van der Waals surface area contributed by atoms with Gasteiger partial charge in [-0.2, -0.15) is 0 Å². The van der Waals surface area contributed by atoms with Crippen molar-refractivity contribution in [1.82, 2.24) is 15.6 Å². The third kappa shape index (κ3) is 4.89. The van der Waals surface area contributed by atoms with Crippen molar-refractivity contribution >= 4 is 40.4 Å². The summed E-state index contributed by atoms with van der Waals surface area (Å²) >= 11 is 0. The van der Waals surface area contributed by atoms with Gasteiger partial charge in [0.2, 0.25) is 11.8 Å². The highest BCUT2D eigenvalue weighted by Crippen LogP contribution is 2.21. The summed E-state index contributed by atoms with van der Waals surface area (Å²) in [4.78, 5) is 52.3. The molecule has 9 nitrogen and oxygen atoms in total. The van der Waals surface area contributed by atoms with Gasteiger partial charge in [-0.25, -0.2) is 4.79 Å². The van der Waals surface area contributed by atoms with E-state index in [-0.39, 0.29) is 30.9 Å². The molecule has 32 heavy (non-hydrogen) atoms. The van der Waals surface area contributed by atoms with Crippen LogP contribution in [0.2, 0.25) is 0 Å². The predicted octanol–water partition coefficient (Wildman–Crippen LogP) is 2.52. The highest BCUT2D eigenvalue weighted by Gasteiger charge is 2.28. The molecule has 0 aliphatic carbocycles. The molecular weight excluding hydrogens is 412 g/mol. The number of pyridine rings is 1. The molecule has 1 atom stereocenters. The maximum atomic E-state index is 12.7. The molecule has 1 unspecified atom stereocenters. The van der Waals surface area contributed by atoms with Gasteiger partial charge in [-0.1, -0.05) is 42.5 Å². The number of hydrogen-bond acceptors (Lipinski definition) is 6. The Hall–Kier alpha value is -4.27. The number of piperidine rings is 1. The molecule has 1 aliphatic heterocycles. The van der Waals surface area contributed by atoms with Crippen LogP contribution < -0.4 is 16.0 Å². The van der Waals surface area contributed by atoms with E-state index >= 15 is 0 Å². The lowest BCUT2D eigenvalue weighted by Gasteiger charge is -2.22. The van der Waals surface area contributed by atoms with Gasteiger partial charge < -0.3 is 10.1 Å². The van der Waals surface area contributed by atoms with Crippen LogP contribution in [-0.4, -0.2) is 34.8 Å². The zero-order chi connectivity index (χ0) is 22.5. The molecule has 1 saturated heterocycles. The number of fused-ring (bicyclic) bond motifs is 1. The standard InChI is InChI=1S/C23H20N4O5/c28-19-10-9-18(22(30)27-19)26-21(29)17-8-4-7-15-11-16(12-24-20(15)17)25-23(31)32-13-14-5-2-1-3-6-14/h1-8,11-12,18H,9-10,13H2,(H,25,31)(H,26,29)(H,27,28,30). The Bertz CT molecular complexity index is 1200. The van der Waals surface area contributed by atoms with Crippen LogP contribution in [0.15, 0.2) is 60.8 Å². The zero-order valence-corrected chi connectivity index (χ0v) is 17.0. The Kier molecular flexibility index (Phi) is 6.07. The number of aromatic nitrogens is 1. The number of rotatable bonds is 5. The lowest BCUT2D eigenvalue weighted by atomic mass is 10.0. The van der Waals surface area contributed by atoms with Crippen LogP contribution in [-0.2, 0) is 20.9 Å². The molecule has 3 N–H and O–H groups in total. The highest BCUT2D eigenvalue weighted by molar-refractivity contribution is 6.08. The number of nitrogens with one attached hydrogen (secondary N) is 3. The Morgan fingerprint density at radius 3 is 2.69 bits per heavy atom. The van der Waals surface area contributed by atoms with Crippen LogP contribution in [0.1, 0.15) is 28.8 Å². The summed E-state index contributed by atoms with van der Waals surface area (Å²) in [7, 11) is 0. The van der Waals surface area contributed by atoms with Crippen molar-refractivity contribution in [2.45, 2.75) is 25.5 Å². The van der Waals surface area contributed by atoms with Crippen LogP contribution >= 0.6 is 0 Å². The van der Waals surface area contributed by atoms with Gasteiger partial charge in [-0.3, -0.25) is 30.0 Å². The van der Waals surface area contributed by atoms with Gasteiger partial charge in [0, 0.05) is 11.8 Å². The van der Waals surface area contributed by atoms with E-state index in [0.717, 1.165) is 5.56 Å². The van der Waals surface area contributed by atoms with E-state index in [1.54, 1.807) is 24.3 Å². The summed E-state index contributed by atoms with van der Waals surface area (Å²) in [6, 6.07) is 15.2. The van der Waals surface area contributed by atoms with Crippen LogP contribution in [0.3, 0.4) is 0 Å². The minimum Gasteiger partial charge on any atom is -0.444 e. The van der Waals surface area contributed by atoms with Crippen molar-refractivity contribution in [2.24, 2.45) is 0 Å². The highest BCUT2D eigenvalue weighted by atomic mass is 16.5. The summed E-state index contributed by atoms with van der Waals surface area (Å²) in [5.41, 5.74) is 1.98. The minimum absolute atomic E-state index is 0.137. The molecule has 2 heterocycles. The van der Waals surface area contributed by atoms with Crippen LogP contribution in [0, 0.1) is 0 Å². The first-order valence-electron chi connectivity index (χ1n) is 10.0. The summed E-state index contributed by atoms with van der Waals surface area (Å²) in [6.45, 7) is 0.137. The first kappa shape index (κ1) is 21.0. The number of benzene rings is 2. The van der Waals surface area contributed by atoms with E-state index in [2.05, 4.69) is 20.9 Å². The average Bonchev–Trinajstić information content (AvgIpc) is 2.79. The zero-order valence-electron chi connectivity index (χ0n) is 17.0. The third-order valence-electron chi connectivity index (χ3n) is 4.96. The van der Waals surface area contributed by atoms with Gasteiger partial charge in [0.1, 0.15) is 12.6 Å². The first-order valence-corrected chi connectivity index (χ1v) is 10.0. The number of para-hydroxylation sites is 1. The lowest BCUT2D eigenvalue weighted by molar-refractivity contribution is -0.134. The van der Waals surface area contributed by atoms with Crippen molar-refractivity contribution in [1.29, 1.82) is 0 Å². The molecule has 9 heteroatoms. The molecule has 2 aromatic carbocycles. The van der Waals surface area contributed by atoms with Crippen molar-refractivity contribution in [2.75, 3.05) is 5.32 Å².